The lowest BCUT2D eigenvalue weighted by atomic mass is 9.98. The Morgan fingerprint density at radius 1 is 1.33 bits per heavy atom. The van der Waals surface area contributed by atoms with Gasteiger partial charge in [-0.15, -0.1) is 13.2 Å². The van der Waals surface area contributed by atoms with E-state index in [9.17, 15) is 13.2 Å². The molecule has 1 radical (unpaired) electrons. The third-order valence-corrected chi connectivity index (χ3v) is 2.08. The molecule has 0 bridgehead atoms. The number of hydrogen-bond acceptors (Lipinski definition) is 1. The van der Waals surface area contributed by atoms with Crippen molar-refractivity contribution in [2.24, 2.45) is 0 Å². The van der Waals surface area contributed by atoms with Crippen molar-refractivity contribution in [3.63, 3.8) is 0 Å². The first kappa shape index (κ1) is 11.9. The summed E-state index contributed by atoms with van der Waals surface area (Å²) in [5, 5.41) is 0. The van der Waals surface area contributed by atoms with Crippen LogP contribution in [0.4, 0.5) is 13.2 Å². The lowest BCUT2D eigenvalue weighted by Gasteiger charge is -2.15. The Kier molecular flexibility index (Phi) is 3.27. The normalized spacial score (nSPS) is 11.9. The first-order chi connectivity index (χ1) is 6.81. The zero-order chi connectivity index (χ0) is 11.6. The quantitative estimate of drug-likeness (QED) is 0.731. The van der Waals surface area contributed by atoms with Crippen molar-refractivity contribution in [1.82, 2.24) is 0 Å². The number of halogens is 3. The van der Waals surface area contributed by atoms with E-state index in [1.807, 2.05) is 6.92 Å². The lowest BCUT2D eigenvalue weighted by Crippen LogP contribution is -2.18. The molecule has 1 rings (SSSR count). The fourth-order valence-electron chi connectivity index (χ4n) is 1.40. The average molecular weight is 217 g/mol. The third-order valence-electron chi connectivity index (χ3n) is 2.08. The molecule has 1 atom stereocenters. The van der Waals surface area contributed by atoms with Gasteiger partial charge in [0.25, 0.3) is 0 Å². The summed E-state index contributed by atoms with van der Waals surface area (Å²) in [6.07, 6.45) is -4.65. The molecule has 4 heteroatoms. The first-order valence-corrected chi connectivity index (χ1v) is 4.49. The van der Waals surface area contributed by atoms with E-state index in [2.05, 4.69) is 11.7 Å². The number of hydrogen-bond donors (Lipinski definition) is 0. The van der Waals surface area contributed by atoms with Gasteiger partial charge in [0, 0.05) is 0 Å². The van der Waals surface area contributed by atoms with Gasteiger partial charge >= 0.3 is 6.36 Å². The molecule has 0 saturated heterocycles. The Balaban J connectivity index is 3.05. The van der Waals surface area contributed by atoms with E-state index in [1.54, 1.807) is 13.0 Å². The van der Waals surface area contributed by atoms with Crippen LogP contribution < -0.4 is 4.74 Å². The molecule has 0 N–H and O–H groups in total. The van der Waals surface area contributed by atoms with E-state index < -0.39 is 6.36 Å². The van der Waals surface area contributed by atoms with Gasteiger partial charge in [0.2, 0.25) is 0 Å². The van der Waals surface area contributed by atoms with Crippen molar-refractivity contribution in [3.05, 3.63) is 36.2 Å². The molecule has 0 aliphatic carbocycles. The van der Waals surface area contributed by atoms with Crippen LogP contribution in [0.3, 0.4) is 0 Å². The molecular weight excluding hydrogens is 205 g/mol. The molecule has 0 aliphatic rings. The predicted molar refractivity (Wildman–Crippen MR) is 51.6 cm³/mol. The highest BCUT2D eigenvalue weighted by atomic mass is 19.4. The Morgan fingerprint density at radius 2 is 1.93 bits per heavy atom. The molecule has 0 saturated carbocycles. The second kappa shape index (κ2) is 4.13. The van der Waals surface area contributed by atoms with E-state index in [1.165, 1.54) is 12.1 Å². The number of rotatable bonds is 2. The topological polar surface area (TPSA) is 9.23 Å². The molecule has 0 aliphatic heterocycles. The zero-order valence-electron chi connectivity index (χ0n) is 8.56. The molecule has 0 heterocycles. The van der Waals surface area contributed by atoms with Gasteiger partial charge in [-0.25, -0.2) is 0 Å². The molecule has 15 heavy (non-hydrogen) atoms. The van der Waals surface area contributed by atoms with Crippen molar-refractivity contribution >= 4 is 0 Å². The summed E-state index contributed by atoms with van der Waals surface area (Å²) in [5.41, 5.74) is 1.24. The van der Waals surface area contributed by atoms with Crippen LogP contribution in [0.5, 0.6) is 5.75 Å². The molecule has 0 spiro atoms. The van der Waals surface area contributed by atoms with Gasteiger partial charge < -0.3 is 4.74 Å². The Bertz CT molecular complexity index is 342. The SMILES string of the molecule is [CH2]C(C)c1cccc(OC(F)(F)F)c1C. The Hall–Kier alpha value is -1.19. The maximum absolute atomic E-state index is 12.0. The van der Waals surface area contributed by atoms with Crippen molar-refractivity contribution in [1.29, 1.82) is 0 Å². The van der Waals surface area contributed by atoms with Gasteiger partial charge in [0.1, 0.15) is 5.75 Å². The summed E-state index contributed by atoms with van der Waals surface area (Å²) in [7, 11) is 0. The van der Waals surface area contributed by atoms with E-state index >= 15 is 0 Å². The van der Waals surface area contributed by atoms with E-state index in [-0.39, 0.29) is 11.7 Å². The standard InChI is InChI=1S/C11H12F3O/c1-7(2)9-5-4-6-10(8(9)3)15-11(12,13)14/h4-7H,1H2,2-3H3. The van der Waals surface area contributed by atoms with Crippen LogP contribution in [-0.4, -0.2) is 6.36 Å². The summed E-state index contributed by atoms with van der Waals surface area (Å²) in [5.74, 6) is -0.225. The van der Waals surface area contributed by atoms with Crippen LogP contribution in [-0.2, 0) is 0 Å². The number of alkyl halides is 3. The van der Waals surface area contributed by atoms with Crippen LogP contribution in [0.15, 0.2) is 18.2 Å². The second-order valence-corrected chi connectivity index (χ2v) is 3.42. The zero-order valence-corrected chi connectivity index (χ0v) is 8.56. The van der Waals surface area contributed by atoms with Crippen LogP contribution in [0.25, 0.3) is 0 Å². The largest absolute Gasteiger partial charge is 0.573 e. The highest BCUT2D eigenvalue weighted by molar-refractivity contribution is 5.41. The van der Waals surface area contributed by atoms with Crippen molar-refractivity contribution in [3.8, 4) is 5.75 Å². The minimum atomic E-state index is -4.65. The van der Waals surface area contributed by atoms with Crippen molar-refractivity contribution in [2.45, 2.75) is 26.1 Å². The van der Waals surface area contributed by atoms with Gasteiger partial charge in [-0.1, -0.05) is 19.1 Å². The summed E-state index contributed by atoms with van der Waals surface area (Å²) in [6.45, 7) is 7.18. The minimum absolute atomic E-state index is 0.0678. The van der Waals surface area contributed by atoms with Gasteiger partial charge in [-0.05, 0) is 37.0 Å². The summed E-state index contributed by atoms with van der Waals surface area (Å²) >= 11 is 0. The first-order valence-electron chi connectivity index (χ1n) is 4.49. The van der Waals surface area contributed by atoms with Crippen molar-refractivity contribution < 1.29 is 17.9 Å². The van der Waals surface area contributed by atoms with Gasteiger partial charge in [0.05, 0.1) is 0 Å². The molecule has 0 aromatic heterocycles. The number of ether oxygens (including phenoxy) is 1. The molecule has 1 aromatic carbocycles. The minimum Gasteiger partial charge on any atom is -0.406 e. The lowest BCUT2D eigenvalue weighted by molar-refractivity contribution is -0.274. The van der Waals surface area contributed by atoms with Crippen molar-refractivity contribution in [2.75, 3.05) is 0 Å². The molecule has 0 amide bonds. The molecule has 1 nitrogen and oxygen atoms in total. The maximum atomic E-state index is 12.0. The van der Waals surface area contributed by atoms with Crippen LogP contribution in [0.2, 0.25) is 0 Å². The average Bonchev–Trinajstić information content (AvgIpc) is 2.05. The van der Waals surface area contributed by atoms with E-state index in [0.717, 1.165) is 5.56 Å². The van der Waals surface area contributed by atoms with Gasteiger partial charge in [0.15, 0.2) is 0 Å². The highest BCUT2D eigenvalue weighted by Crippen LogP contribution is 2.30. The van der Waals surface area contributed by atoms with Gasteiger partial charge in [-0.2, -0.15) is 0 Å². The third kappa shape index (κ3) is 3.15. The Morgan fingerprint density at radius 3 is 2.40 bits per heavy atom. The van der Waals surface area contributed by atoms with E-state index in [0.29, 0.717) is 5.56 Å². The van der Waals surface area contributed by atoms with Gasteiger partial charge in [-0.3, -0.25) is 0 Å². The van der Waals surface area contributed by atoms with Crippen LogP contribution >= 0.6 is 0 Å². The number of benzene rings is 1. The molecule has 1 aromatic rings. The molecule has 0 fully saturated rings. The van der Waals surface area contributed by atoms with Crippen LogP contribution in [0, 0.1) is 13.8 Å². The Labute approximate surface area is 86.9 Å². The molecule has 83 valence electrons. The van der Waals surface area contributed by atoms with E-state index in [4.69, 9.17) is 0 Å². The predicted octanol–water partition coefficient (Wildman–Crippen LogP) is 3.83. The molecular formula is C11H12F3O. The monoisotopic (exact) mass is 217 g/mol. The second-order valence-electron chi connectivity index (χ2n) is 3.42. The summed E-state index contributed by atoms with van der Waals surface area (Å²) in [4.78, 5) is 0. The van der Waals surface area contributed by atoms with Crippen LogP contribution in [0.1, 0.15) is 24.0 Å². The maximum Gasteiger partial charge on any atom is 0.573 e. The smallest absolute Gasteiger partial charge is 0.406 e. The molecule has 1 unspecified atom stereocenters. The fourth-order valence-corrected chi connectivity index (χ4v) is 1.40. The summed E-state index contributed by atoms with van der Waals surface area (Å²) in [6, 6.07) is 4.58. The fraction of sp³-hybridized carbons (Fsp3) is 0.364. The highest BCUT2D eigenvalue weighted by Gasteiger charge is 2.32. The summed E-state index contributed by atoms with van der Waals surface area (Å²) < 4.78 is 39.9.